The molecule has 0 aromatic heterocycles. The Kier molecular flexibility index (Phi) is 20.4. The van der Waals surface area contributed by atoms with Crippen molar-refractivity contribution >= 4 is 0 Å². The lowest BCUT2D eigenvalue weighted by atomic mass is 10.6. The van der Waals surface area contributed by atoms with E-state index in [1.807, 2.05) is 14.0 Å². The highest BCUT2D eigenvalue weighted by Gasteiger charge is 1.72. The fourth-order valence-electron chi connectivity index (χ4n) is 0.460. The molecule has 0 radical (unpaired) electrons. The topological polar surface area (TPSA) is 53.5 Å². The van der Waals surface area contributed by atoms with Gasteiger partial charge in [0.1, 0.15) is 0 Å². The average Bonchev–Trinajstić information content (AvgIpc) is 2.12. The van der Waals surface area contributed by atoms with E-state index in [9.17, 15) is 0 Å². The molecule has 0 aliphatic heterocycles. The van der Waals surface area contributed by atoms with Crippen molar-refractivity contribution in [2.24, 2.45) is 0 Å². The van der Waals surface area contributed by atoms with Gasteiger partial charge in [0.05, 0.1) is 13.2 Å². The van der Waals surface area contributed by atoms with E-state index in [1.165, 1.54) is 0 Å². The predicted octanol–water partition coefficient (Wildman–Crippen LogP) is -0.560. The second-order valence-corrected chi connectivity index (χ2v) is 2.17. The fourth-order valence-corrected chi connectivity index (χ4v) is 0.460. The highest BCUT2D eigenvalue weighted by atomic mass is 16.5. The van der Waals surface area contributed by atoms with Crippen LogP contribution in [0.1, 0.15) is 6.92 Å². The predicted molar refractivity (Wildman–Crippen MR) is 51.4 cm³/mol. The van der Waals surface area contributed by atoms with Gasteiger partial charge in [-0.15, -0.1) is 0 Å². The molecule has 0 spiro atoms. The van der Waals surface area contributed by atoms with Crippen molar-refractivity contribution in [2.45, 2.75) is 6.92 Å². The average molecular weight is 178 g/mol. The van der Waals surface area contributed by atoms with Crippen LogP contribution in [-0.4, -0.2) is 52.1 Å². The third kappa shape index (κ3) is 22.5. The fraction of sp³-hybridized carbons (Fsp3) is 1.00. The van der Waals surface area contributed by atoms with Crippen molar-refractivity contribution in [1.82, 2.24) is 10.6 Å². The number of aliphatic hydroxyl groups excluding tert-OH is 1. The van der Waals surface area contributed by atoms with Gasteiger partial charge in [0, 0.05) is 20.2 Å². The zero-order valence-corrected chi connectivity index (χ0v) is 8.39. The van der Waals surface area contributed by atoms with Crippen molar-refractivity contribution in [1.29, 1.82) is 0 Å². The van der Waals surface area contributed by atoms with E-state index in [0.717, 1.165) is 26.2 Å². The lowest BCUT2D eigenvalue weighted by Crippen LogP contribution is -2.16. The highest BCUT2D eigenvalue weighted by Crippen LogP contribution is 1.57. The second kappa shape index (κ2) is 17.1. The van der Waals surface area contributed by atoms with Gasteiger partial charge in [0.15, 0.2) is 0 Å². The standard InChI is InChI=1S/2C4H11NO/c1-5-3-4-6-2;1-2-5-3-4-6/h5H,3-4H2,1-2H3;5-6H,2-4H2,1H3. The molecule has 4 heteroatoms. The molecular weight excluding hydrogens is 156 g/mol. The van der Waals surface area contributed by atoms with E-state index >= 15 is 0 Å². The Labute approximate surface area is 75.3 Å². The minimum Gasteiger partial charge on any atom is -0.395 e. The number of aliphatic hydroxyl groups is 1. The number of methoxy groups -OCH3 is 1. The number of rotatable bonds is 6. The van der Waals surface area contributed by atoms with Gasteiger partial charge in [-0.2, -0.15) is 0 Å². The van der Waals surface area contributed by atoms with E-state index in [-0.39, 0.29) is 6.61 Å². The van der Waals surface area contributed by atoms with Gasteiger partial charge in [-0.1, -0.05) is 6.92 Å². The molecule has 0 aromatic carbocycles. The molecule has 0 amide bonds. The van der Waals surface area contributed by atoms with Gasteiger partial charge in [0.25, 0.3) is 0 Å². The van der Waals surface area contributed by atoms with E-state index in [4.69, 9.17) is 9.84 Å². The van der Waals surface area contributed by atoms with Crippen LogP contribution in [0.4, 0.5) is 0 Å². The zero-order valence-electron chi connectivity index (χ0n) is 8.39. The summed E-state index contributed by atoms with van der Waals surface area (Å²) in [5, 5.41) is 14.0. The molecule has 0 aliphatic carbocycles. The monoisotopic (exact) mass is 178 g/mol. The molecule has 0 bridgehead atoms. The normalized spacial score (nSPS) is 9.00. The third-order valence-electron chi connectivity index (χ3n) is 1.09. The molecule has 0 aromatic rings. The lowest BCUT2D eigenvalue weighted by molar-refractivity contribution is 0.201. The zero-order chi connectivity index (χ0) is 9.66. The van der Waals surface area contributed by atoms with Gasteiger partial charge in [-0.25, -0.2) is 0 Å². The second-order valence-electron chi connectivity index (χ2n) is 2.17. The first-order chi connectivity index (χ1) is 5.83. The van der Waals surface area contributed by atoms with Crippen LogP contribution in [0.15, 0.2) is 0 Å². The van der Waals surface area contributed by atoms with Crippen LogP contribution < -0.4 is 10.6 Å². The summed E-state index contributed by atoms with van der Waals surface area (Å²) in [6, 6.07) is 0. The number of hydrogen-bond donors (Lipinski definition) is 3. The van der Waals surface area contributed by atoms with E-state index in [1.54, 1.807) is 7.11 Å². The van der Waals surface area contributed by atoms with E-state index < -0.39 is 0 Å². The first-order valence-corrected chi connectivity index (χ1v) is 4.28. The quantitative estimate of drug-likeness (QED) is 0.477. The minimum absolute atomic E-state index is 0.244. The van der Waals surface area contributed by atoms with Gasteiger partial charge >= 0.3 is 0 Å². The molecule has 0 saturated heterocycles. The molecule has 0 fully saturated rings. The van der Waals surface area contributed by atoms with Crippen LogP contribution in [-0.2, 0) is 4.74 Å². The van der Waals surface area contributed by atoms with E-state index in [2.05, 4.69) is 10.6 Å². The Balaban J connectivity index is 0. The summed E-state index contributed by atoms with van der Waals surface area (Å²) in [7, 11) is 3.59. The Morgan fingerprint density at radius 2 is 2.00 bits per heavy atom. The maximum Gasteiger partial charge on any atom is 0.0587 e. The summed E-state index contributed by atoms with van der Waals surface area (Å²) < 4.78 is 4.72. The summed E-state index contributed by atoms with van der Waals surface area (Å²) in [5.41, 5.74) is 0. The summed E-state index contributed by atoms with van der Waals surface area (Å²) in [6.45, 7) is 5.66. The van der Waals surface area contributed by atoms with Crippen LogP contribution >= 0.6 is 0 Å². The smallest absolute Gasteiger partial charge is 0.0587 e. The van der Waals surface area contributed by atoms with Gasteiger partial charge in [0.2, 0.25) is 0 Å². The summed E-state index contributed by atoms with van der Waals surface area (Å²) in [4.78, 5) is 0. The molecule has 0 unspecified atom stereocenters. The van der Waals surface area contributed by atoms with E-state index in [0.29, 0.717) is 0 Å². The Hall–Kier alpha value is -0.160. The van der Waals surface area contributed by atoms with Crippen LogP contribution in [0.5, 0.6) is 0 Å². The minimum atomic E-state index is 0.244. The lowest BCUT2D eigenvalue weighted by Gasteiger charge is -1.92. The third-order valence-corrected chi connectivity index (χ3v) is 1.09. The molecule has 0 atom stereocenters. The van der Waals surface area contributed by atoms with Gasteiger partial charge < -0.3 is 20.5 Å². The molecule has 0 rings (SSSR count). The molecule has 4 nitrogen and oxygen atoms in total. The molecule has 0 saturated carbocycles. The number of ether oxygens (including phenoxy) is 1. The van der Waals surface area contributed by atoms with Crippen molar-refractivity contribution in [3.63, 3.8) is 0 Å². The van der Waals surface area contributed by atoms with Gasteiger partial charge in [-0.05, 0) is 13.6 Å². The molecule has 3 N–H and O–H groups in total. The first-order valence-electron chi connectivity index (χ1n) is 4.28. The molecular formula is C8H22N2O2. The molecule has 12 heavy (non-hydrogen) atoms. The van der Waals surface area contributed by atoms with Crippen LogP contribution in [0.3, 0.4) is 0 Å². The van der Waals surface area contributed by atoms with Crippen molar-refractivity contribution in [3.8, 4) is 0 Å². The van der Waals surface area contributed by atoms with Crippen LogP contribution in [0.2, 0.25) is 0 Å². The number of likely N-dealkylation sites (N-methyl/N-ethyl adjacent to an activating group) is 2. The Morgan fingerprint density at radius 3 is 2.17 bits per heavy atom. The van der Waals surface area contributed by atoms with Crippen LogP contribution in [0, 0.1) is 0 Å². The largest absolute Gasteiger partial charge is 0.395 e. The van der Waals surface area contributed by atoms with Crippen molar-refractivity contribution in [3.05, 3.63) is 0 Å². The maximum atomic E-state index is 8.13. The van der Waals surface area contributed by atoms with Gasteiger partial charge in [-0.3, -0.25) is 0 Å². The highest BCUT2D eigenvalue weighted by molar-refractivity contribution is 4.35. The molecule has 76 valence electrons. The Bertz CT molecular complexity index is 47.0. The SMILES string of the molecule is CCNCCO.CNCCOC. The first kappa shape index (κ1) is 14.4. The maximum absolute atomic E-state index is 8.13. The Morgan fingerprint density at radius 1 is 1.33 bits per heavy atom. The van der Waals surface area contributed by atoms with Crippen LogP contribution in [0.25, 0.3) is 0 Å². The molecule has 0 heterocycles. The van der Waals surface area contributed by atoms with Crippen molar-refractivity contribution in [2.75, 3.05) is 47.0 Å². The summed E-state index contributed by atoms with van der Waals surface area (Å²) >= 11 is 0. The number of hydrogen-bond acceptors (Lipinski definition) is 4. The summed E-state index contributed by atoms with van der Waals surface area (Å²) in [6.07, 6.45) is 0. The molecule has 0 aliphatic rings. The summed E-state index contributed by atoms with van der Waals surface area (Å²) in [5.74, 6) is 0. The number of nitrogens with one attached hydrogen (secondary N) is 2. The van der Waals surface area contributed by atoms with Crippen molar-refractivity contribution < 1.29 is 9.84 Å².